The molecule has 0 spiro atoms. The summed E-state index contributed by atoms with van der Waals surface area (Å²) in [6, 6.07) is 2.48. The van der Waals surface area contributed by atoms with E-state index in [9.17, 15) is 19.7 Å². The topological polar surface area (TPSA) is 80.5 Å². The number of nitro benzene ring substituents is 1. The van der Waals surface area contributed by atoms with E-state index < -0.39 is 16.7 Å². The maximum Gasteiger partial charge on any atom is 0.273 e. The molecular weight excluding hydrogens is 260 g/mol. The van der Waals surface area contributed by atoms with E-state index in [0.29, 0.717) is 5.56 Å². The lowest BCUT2D eigenvalue weighted by Crippen LogP contribution is -2.33. The van der Waals surface area contributed by atoms with Crippen LogP contribution in [-0.2, 0) is 9.59 Å². The normalized spacial score (nSPS) is 10.0. The third-order valence-corrected chi connectivity index (χ3v) is 2.64. The van der Waals surface area contributed by atoms with Crippen LogP contribution in [0.5, 0.6) is 0 Å². The first-order chi connectivity index (χ1) is 8.25. The van der Waals surface area contributed by atoms with Gasteiger partial charge in [-0.25, -0.2) is 4.90 Å². The molecule has 0 saturated carbocycles. The number of nitrogens with zero attached hydrogens (tertiary/aromatic N) is 2. The van der Waals surface area contributed by atoms with Gasteiger partial charge in [0.1, 0.15) is 0 Å². The van der Waals surface area contributed by atoms with Gasteiger partial charge in [0.15, 0.2) is 0 Å². The number of benzene rings is 1. The molecule has 6 nitrogen and oxygen atoms in total. The molecule has 0 saturated heterocycles. The molecule has 0 unspecified atom stereocenters. The Morgan fingerprint density at radius 3 is 2.17 bits per heavy atom. The number of hydrogen-bond donors (Lipinski definition) is 0. The number of halogens is 1. The van der Waals surface area contributed by atoms with Gasteiger partial charge in [0.25, 0.3) is 5.69 Å². The molecule has 0 heterocycles. The first-order valence-electron chi connectivity index (χ1n) is 5.01. The SMILES string of the molecule is CC(=O)N(C(C)=O)c1cc(C)c([N+](=O)[O-])cc1Cl. The molecule has 0 radical (unpaired) electrons. The lowest BCUT2D eigenvalue weighted by Gasteiger charge is -2.19. The van der Waals surface area contributed by atoms with E-state index in [-0.39, 0.29) is 16.4 Å². The molecule has 0 aliphatic rings. The van der Waals surface area contributed by atoms with Crippen LogP contribution in [0.4, 0.5) is 11.4 Å². The van der Waals surface area contributed by atoms with Gasteiger partial charge in [-0.1, -0.05) is 11.6 Å². The number of nitro groups is 1. The van der Waals surface area contributed by atoms with Crippen LogP contribution in [0.2, 0.25) is 5.02 Å². The van der Waals surface area contributed by atoms with Crippen LogP contribution in [0.1, 0.15) is 19.4 Å². The third kappa shape index (κ3) is 2.65. The van der Waals surface area contributed by atoms with Crippen molar-refractivity contribution in [1.29, 1.82) is 0 Å². The van der Waals surface area contributed by atoms with Gasteiger partial charge in [0.2, 0.25) is 11.8 Å². The number of carbonyl (C=O) groups excluding carboxylic acids is 2. The average Bonchev–Trinajstić information content (AvgIpc) is 2.21. The molecular formula is C11H11ClN2O4. The molecule has 0 aliphatic heterocycles. The molecule has 2 amide bonds. The van der Waals surface area contributed by atoms with E-state index in [1.807, 2.05) is 0 Å². The molecule has 0 aromatic heterocycles. The third-order valence-electron chi connectivity index (χ3n) is 2.33. The van der Waals surface area contributed by atoms with Gasteiger partial charge in [0, 0.05) is 25.5 Å². The van der Waals surface area contributed by atoms with Crippen molar-refractivity contribution in [3.63, 3.8) is 0 Å². The highest BCUT2D eigenvalue weighted by molar-refractivity contribution is 6.35. The van der Waals surface area contributed by atoms with Crippen molar-refractivity contribution >= 4 is 34.8 Å². The van der Waals surface area contributed by atoms with E-state index in [0.717, 1.165) is 11.0 Å². The lowest BCUT2D eigenvalue weighted by molar-refractivity contribution is -0.385. The number of imide groups is 1. The minimum absolute atomic E-state index is 0.0160. The summed E-state index contributed by atoms with van der Waals surface area (Å²) in [6.45, 7) is 3.94. The quantitative estimate of drug-likeness (QED) is 0.611. The van der Waals surface area contributed by atoms with Crippen molar-refractivity contribution in [3.05, 3.63) is 32.8 Å². The highest BCUT2D eigenvalue weighted by Crippen LogP contribution is 2.33. The molecule has 0 aliphatic carbocycles. The maximum absolute atomic E-state index is 11.4. The molecule has 7 heteroatoms. The van der Waals surface area contributed by atoms with Crippen LogP contribution in [0.25, 0.3) is 0 Å². The lowest BCUT2D eigenvalue weighted by atomic mass is 10.1. The fraction of sp³-hybridized carbons (Fsp3) is 0.273. The van der Waals surface area contributed by atoms with Gasteiger partial charge in [0.05, 0.1) is 15.6 Å². The van der Waals surface area contributed by atoms with Crippen molar-refractivity contribution < 1.29 is 14.5 Å². The summed E-state index contributed by atoms with van der Waals surface area (Å²) in [5, 5.41) is 10.7. The largest absolute Gasteiger partial charge is 0.274 e. The monoisotopic (exact) mass is 270 g/mol. The van der Waals surface area contributed by atoms with Gasteiger partial charge in [-0.15, -0.1) is 0 Å². The minimum Gasteiger partial charge on any atom is -0.274 e. The zero-order valence-corrected chi connectivity index (χ0v) is 10.8. The standard InChI is InChI=1S/C11H11ClN2O4/c1-6-4-11(13(7(2)15)8(3)16)9(12)5-10(6)14(17)18/h4-5H,1-3H3. The first-order valence-corrected chi connectivity index (χ1v) is 5.39. The molecule has 0 bridgehead atoms. The number of amides is 2. The highest BCUT2D eigenvalue weighted by Gasteiger charge is 2.22. The number of hydrogen-bond acceptors (Lipinski definition) is 4. The zero-order valence-electron chi connectivity index (χ0n) is 10.1. The van der Waals surface area contributed by atoms with E-state index in [4.69, 9.17) is 11.6 Å². The summed E-state index contributed by atoms with van der Waals surface area (Å²) >= 11 is 5.88. The maximum atomic E-state index is 11.4. The highest BCUT2D eigenvalue weighted by atomic mass is 35.5. The van der Waals surface area contributed by atoms with E-state index in [1.165, 1.54) is 26.8 Å². The van der Waals surface area contributed by atoms with Gasteiger partial charge in [-0.3, -0.25) is 19.7 Å². The fourth-order valence-electron chi connectivity index (χ4n) is 1.58. The molecule has 1 rings (SSSR count). The first kappa shape index (κ1) is 14.1. The Balaban J connectivity index is 3.43. The summed E-state index contributed by atoms with van der Waals surface area (Å²) in [7, 11) is 0. The molecule has 1 aromatic carbocycles. The van der Waals surface area contributed by atoms with Crippen molar-refractivity contribution in [1.82, 2.24) is 0 Å². The van der Waals surface area contributed by atoms with Crippen LogP contribution >= 0.6 is 11.6 Å². The van der Waals surface area contributed by atoms with Crippen LogP contribution in [0.15, 0.2) is 12.1 Å². The predicted octanol–water partition coefficient (Wildman–Crippen LogP) is 2.46. The summed E-state index contributed by atoms with van der Waals surface area (Å²) in [5.74, 6) is -1.00. The second kappa shape index (κ2) is 5.14. The Hall–Kier alpha value is -1.95. The van der Waals surface area contributed by atoms with Gasteiger partial charge in [-0.05, 0) is 13.0 Å². The van der Waals surface area contributed by atoms with Crippen molar-refractivity contribution in [2.45, 2.75) is 20.8 Å². The second-order valence-electron chi connectivity index (χ2n) is 3.72. The predicted molar refractivity (Wildman–Crippen MR) is 66.7 cm³/mol. The molecule has 1 aromatic rings. The van der Waals surface area contributed by atoms with E-state index in [2.05, 4.69) is 0 Å². The Kier molecular flexibility index (Phi) is 4.03. The number of rotatable bonds is 2. The smallest absolute Gasteiger partial charge is 0.273 e. The van der Waals surface area contributed by atoms with Crippen LogP contribution in [0.3, 0.4) is 0 Å². The zero-order chi connectivity index (χ0) is 14.0. The van der Waals surface area contributed by atoms with Crippen molar-refractivity contribution in [2.24, 2.45) is 0 Å². The van der Waals surface area contributed by atoms with Crippen LogP contribution in [0, 0.1) is 17.0 Å². The summed E-state index contributed by atoms with van der Waals surface area (Å²) in [6.07, 6.45) is 0. The summed E-state index contributed by atoms with van der Waals surface area (Å²) in [5.41, 5.74) is 0.322. The van der Waals surface area contributed by atoms with Crippen molar-refractivity contribution in [3.8, 4) is 0 Å². The minimum atomic E-state index is -0.573. The number of carbonyl (C=O) groups is 2. The summed E-state index contributed by atoms with van der Waals surface area (Å²) in [4.78, 5) is 33.8. The van der Waals surface area contributed by atoms with E-state index >= 15 is 0 Å². The Labute approximate surface area is 108 Å². The summed E-state index contributed by atoms with van der Waals surface area (Å²) < 4.78 is 0. The average molecular weight is 271 g/mol. The van der Waals surface area contributed by atoms with Crippen LogP contribution < -0.4 is 4.90 Å². The van der Waals surface area contributed by atoms with Crippen molar-refractivity contribution in [2.75, 3.05) is 4.90 Å². The Bertz CT molecular complexity index is 528. The Morgan fingerprint density at radius 2 is 1.78 bits per heavy atom. The number of anilines is 1. The van der Waals surface area contributed by atoms with Gasteiger partial charge in [-0.2, -0.15) is 0 Å². The van der Waals surface area contributed by atoms with Gasteiger partial charge < -0.3 is 0 Å². The van der Waals surface area contributed by atoms with E-state index in [1.54, 1.807) is 0 Å². The molecule has 0 N–H and O–H groups in total. The second-order valence-corrected chi connectivity index (χ2v) is 4.13. The fourth-order valence-corrected chi connectivity index (χ4v) is 1.83. The van der Waals surface area contributed by atoms with Gasteiger partial charge >= 0.3 is 0 Å². The molecule has 0 fully saturated rings. The van der Waals surface area contributed by atoms with Crippen LogP contribution in [-0.4, -0.2) is 16.7 Å². The molecule has 96 valence electrons. The molecule has 0 atom stereocenters. The number of aryl methyl sites for hydroxylation is 1. The molecule has 18 heavy (non-hydrogen) atoms. The Morgan fingerprint density at radius 1 is 1.28 bits per heavy atom.